The largest absolute Gasteiger partial charge is 0.466 e. The van der Waals surface area contributed by atoms with Gasteiger partial charge in [0, 0.05) is 36.5 Å². The van der Waals surface area contributed by atoms with Crippen molar-refractivity contribution in [2.24, 2.45) is 0 Å². The summed E-state index contributed by atoms with van der Waals surface area (Å²) in [5, 5.41) is 0. The van der Waals surface area contributed by atoms with Crippen molar-refractivity contribution >= 4 is 7.82 Å². The van der Waals surface area contributed by atoms with E-state index in [-0.39, 0.29) is 47.5 Å². The first-order valence-electron chi connectivity index (χ1n) is 0.783. The van der Waals surface area contributed by atoms with Crippen molar-refractivity contribution in [1.82, 2.24) is 0 Å². The summed E-state index contributed by atoms with van der Waals surface area (Å²) in [5.41, 5.74) is 0. The first kappa shape index (κ1) is 32.0. The van der Waals surface area contributed by atoms with E-state index in [4.69, 9.17) is 19.2 Å². The molecule has 0 heterocycles. The minimum absolute atomic E-state index is 0. The molecule has 0 aromatic rings. The summed E-state index contributed by atoms with van der Waals surface area (Å²) in [5.74, 6) is 0. The van der Waals surface area contributed by atoms with E-state index in [2.05, 4.69) is 0 Å². The summed E-state index contributed by atoms with van der Waals surface area (Å²) in [4.78, 5) is 21.6. The molecule has 0 aliphatic heterocycles. The molecule has 0 aromatic heterocycles. The van der Waals surface area contributed by atoms with Crippen molar-refractivity contribution in [1.29, 1.82) is 0 Å². The van der Waals surface area contributed by atoms with Crippen LogP contribution in [0.5, 0.6) is 0 Å². The normalized spacial score (nSPS) is 6.56. The first-order chi connectivity index (χ1) is 2.00. The minimum atomic E-state index is -4.64. The molecule has 7 N–H and O–H groups in total. The molecule has 0 aromatic carbocycles. The third-order valence-corrected chi connectivity index (χ3v) is 0. The van der Waals surface area contributed by atoms with Crippen LogP contribution in [0.2, 0.25) is 0 Å². The zero-order valence-electron chi connectivity index (χ0n) is 4.26. The number of hydrogen-bond acceptors (Lipinski definition) is 1. The summed E-state index contributed by atoms with van der Waals surface area (Å²) >= 11 is 0. The standard InChI is InChI=1S/Fe.H3O4P.2H2O.Zn/c;1-5(2,3)4;;;/h;(H3,1,2,3,4);2*1H2;. The molecule has 0 aliphatic rings. The summed E-state index contributed by atoms with van der Waals surface area (Å²) in [6.07, 6.45) is 0. The minimum Gasteiger partial charge on any atom is -0.412 e. The molecule has 0 unspecified atom stereocenters. The van der Waals surface area contributed by atoms with Gasteiger partial charge in [-0.2, -0.15) is 0 Å². The van der Waals surface area contributed by atoms with Gasteiger partial charge in [0.25, 0.3) is 0 Å². The molecule has 0 spiro atoms. The van der Waals surface area contributed by atoms with Crippen LogP contribution >= 0.6 is 7.82 Å². The predicted octanol–water partition coefficient (Wildman–Crippen LogP) is -2.58. The van der Waals surface area contributed by atoms with Gasteiger partial charge in [-0.25, -0.2) is 4.57 Å². The van der Waals surface area contributed by atoms with Crippen LogP contribution in [0.1, 0.15) is 0 Å². The van der Waals surface area contributed by atoms with Crippen LogP contribution in [-0.4, -0.2) is 25.6 Å². The smallest absolute Gasteiger partial charge is 0.412 e. The number of phosphoric acid groups is 1. The third kappa shape index (κ3) is 343. The fraction of sp³-hybridized carbons (Fsp3) is 0. The molecular weight excluding hydrogens is 248 g/mol. The van der Waals surface area contributed by atoms with Crippen molar-refractivity contribution in [3.05, 3.63) is 0 Å². The predicted molar refractivity (Wildman–Crippen MR) is 21.5 cm³/mol. The van der Waals surface area contributed by atoms with E-state index in [1.807, 2.05) is 0 Å². The molecule has 0 amide bonds. The molecule has 9 heteroatoms. The maximum Gasteiger partial charge on any atom is 0.466 e. The molecular formula is H7FeO6PZn. The zero-order chi connectivity index (χ0) is 4.50. The van der Waals surface area contributed by atoms with E-state index in [1.54, 1.807) is 0 Å². The van der Waals surface area contributed by atoms with Gasteiger partial charge in [0.2, 0.25) is 0 Å². The first-order valence-corrected chi connectivity index (χ1v) is 2.35. The Hall–Kier alpha value is 1.17. The molecule has 0 saturated carbocycles. The summed E-state index contributed by atoms with van der Waals surface area (Å²) in [6, 6.07) is 0. The van der Waals surface area contributed by atoms with Crippen molar-refractivity contribution in [2.75, 3.05) is 0 Å². The average molecular weight is 255 g/mol. The van der Waals surface area contributed by atoms with Crippen LogP contribution in [0.4, 0.5) is 0 Å². The Morgan fingerprint density at radius 2 is 1.00 bits per heavy atom. The summed E-state index contributed by atoms with van der Waals surface area (Å²) in [7, 11) is -4.64. The topological polar surface area (TPSA) is 141 Å². The molecule has 58 valence electrons. The Morgan fingerprint density at radius 3 is 1.00 bits per heavy atom. The Balaban J connectivity index is -0.0000000133. The fourth-order valence-electron chi connectivity index (χ4n) is 0. The monoisotopic (exact) mass is 254 g/mol. The molecule has 0 fully saturated rings. The quantitative estimate of drug-likeness (QED) is 0.323. The Kier molecular flexibility index (Phi) is 42.3. The number of rotatable bonds is 0. The Morgan fingerprint density at radius 1 is 1.00 bits per heavy atom. The van der Waals surface area contributed by atoms with Crippen molar-refractivity contribution in [3.63, 3.8) is 0 Å². The summed E-state index contributed by atoms with van der Waals surface area (Å²) in [6.45, 7) is 0. The second-order valence-corrected chi connectivity index (χ2v) is 1.54. The second kappa shape index (κ2) is 11.9. The maximum atomic E-state index is 8.88. The van der Waals surface area contributed by atoms with Crippen LogP contribution < -0.4 is 0 Å². The molecule has 0 aliphatic carbocycles. The molecule has 0 radical (unpaired) electrons. The van der Waals surface area contributed by atoms with Crippen molar-refractivity contribution in [2.45, 2.75) is 0 Å². The van der Waals surface area contributed by atoms with Gasteiger partial charge in [0.1, 0.15) is 0 Å². The average Bonchev–Trinajstić information content (AvgIpc) is 0.722. The van der Waals surface area contributed by atoms with Gasteiger partial charge in [-0.15, -0.1) is 0 Å². The van der Waals surface area contributed by atoms with Gasteiger partial charge in [-0.3, -0.25) is 0 Å². The van der Waals surface area contributed by atoms with Crippen LogP contribution in [0.15, 0.2) is 0 Å². The van der Waals surface area contributed by atoms with E-state index in [0.717, 1.165) is 0 Å². The van der Waals surface area contributed by atoms with Gasteiger partial charge in [0.15, 0.2) is 0 Å². The second-order valence-electron chi connectivity index (χ2n) is 0.513. The summed E-state index contributed by atoms with van der Waals surface area (Å²) < 4.78 is 8.88. The molecule has 0 saturated heterocycles. The van der Waals surface area contributed by atoms with Gasteiger partial charge in [0.05, 0.1) is 0 Å². The Bertz CT molecular complexity index is 59.2. The van der Waals surface area contributed by atoms with E-state index in [0.29, 0.717) is 0 Å². The van der Waals surface area contributed by atoms with Gasteiger partial charge >= 0.3 is 7.82 Å². The van der Waals surface area contributed by atoms with E-state index in [1.165, 1.54) is 0 Å². The molecule has 0 bridgehead atoms. The van der Waals surface area contributed by atoms with Crippen molar-refractivity contribution < 1.29 is 66.7 Å². The Labute approximate surface area is 74.7 Å². The van der Waals surface area contributed by atoms with E-state index in [9.17, 15) is 0 Å². The molecule has 9 heavy (non-hydrogen) atoms. The van der Waals surface area contributed by atoms with Crippen LogP contribution in [0.25, 0.3) is 0 Å². The van der Waals surface area contributed by atoms with Crippen molar-refractivity contribution in [3.8, 4) is 0 Å². The SMILES string of the molecule is O.O.O=P(O)(O)O.[Fe].[Zn]. The molecule has 0 rings (SSSR count). The number of hydrogen-bond donors (Lipinski definition) is 3. The van der Waals surface area contributed by atoms with E-state index < -0.39 is 7.82 Å². The fourth-order valence-corrected chi connectivity index (χ4v) is 0. The van der Waals surface area contributed by atoms with Gasteiger partial charge in [-0.1, -0.05) is 0 Å². The molecule has 6 nitrogen and oxygen atoms in total. The van der Waals surface area contributed by atoms with Crippen LogP contribution in [-0.2, 0) is 41.1 Å². The van der Waals surface area contributed by atoms with Gasteiger partial charge in [-0.05, 0) is 0 Å². The van der Waals surface area contributed by atoms with E-state index >= 15 is 0 Å². The molecule has 0 atom stereocenters. The van der Waals surface area contributed by atoms with Gasteiger partial charge < -0.3 is 25.6 Å². The van der Waals surface area contributed by atoms with Crippen LogP contribution in [0, 0.1) is 0 Å². The third-order valence-electron chi connectivity index (χ3n) is 0. The zero-order valence-corrected chi connectivity index (χ0v) is 9.22. The maximum absolute atomic E-state index is 8.88. The van der Waals surface area contributed by atoms with Crippen LogP contribution in [0.3, 0.4) is 0 Å².